The molecule has 0 heterocycles. The molecule has 0 amide bonds. The molecule has 1 unspecified atom stereocenters. The third-order valence-electron chi connectivity index (χ3n) is 5.87. The lowest BCUT2D eigenvalue weighted by molar-refractivity contribution is -0.137. The molecule has 0 saturated heterocycles. The van der Waals surface area contributed by atoms with Crippen LogP contribution in [0.4, 0.5) is 22.0 Å². The molecule has 1 aliphatic carbocycles. The third kappa shape index (κ3) is 6.54. The van der Waals surface area contributed by atoms with Crippen LogP contribution in [0.2, 0.25) is 0 Å². The maximum Gasteiger partial charge on any atom is 0.416 e. The first kappa shape index (κ1) is 24.7. The van der Waals surface area contributed by atoms with Crippen LogP contribution < -0.4 is 10.6 Å². The number of likely N-dealkylation sites (N-methyl/N-ethyl adjacent to an activating group) is 1. The van der Waals surface area contributed by atoms with Crippen molar-refractivity contribution in [2.24, 2.45) is 5.92 Å². The lowest BCUT2D eigenvalue weighted by Crippen LogP contribution is -2.42. The van der Waals surface area contributed by atoms with Crippen molar-refractivity contribution in [2.45, 2.75) is 37.5 Å². The van der Waals surface area contributed by atoms with Gasteiger partial charge in [-0.2, -0.15) is 13.2 Å². The summed E-state index contributed by atoms with van der Waals surface area (Å²) >= 11 is 0. The van der Waals surface area contributed by atoms with Crippen molar-refractivity contribution in [1.29, 1.82) is 0 Å². The monoisotopic (exact) mass is 462 g/mol. The normalized spacial score (nSPS) is 17.6. The quantitative estimate of drug-likeness (QED) is 0.417. The van der Waals surface area contributed by atoms with Gasteiger partial charge in [-0.05, 0) is 54.7 Å². The van der Waals surface area contributed by atoms with E-state index < -0.39 is 23.4 Å². The number of halogens is 5. The second-order valence-electron chi connectivity index (χ2n) is 8.09. The predicted molar refractivity (Wildman–Crippen MR) is 120 cm³/mol. The minimum atomic E-state index is -4.39. The molecular weight excluding hydrogens is 435 g/mol. The van der Waals surface area contributed by atoms with E-state index in [1.54, 1.807) is 7.05 Å². The average Bonchev–Trinajstić information content (AvgIpc) is 2.81. The van der Waals surface area contributed by atoms with Gasteiger partial charge in [0.15, 0.2) is 11.6 Å². The number of hydrogen-bond donors (Lipinski definition) is 2. The molecule has 0 spiro atoms. The fourth-order valence-electron chi connectivity index (χ4n) is 3.95. The van der Waals surface area contributed by atoms with Crippen molar-refractivity contribution in [2.75, 3.05) is 7.05 Å². The van der Waals surface area contributed by atoms with Crippen LogP contribution in [0.5, 0.6) is 0 Å². The average molecular weight is 463 g/mol. The van der Waals surface area contributed by atoms with E-state index in [0.717, 1.165) is 41.9 Å². The van der Waals surface area contributed by atoms with E-state index in [-0.39, 0.29) is 18.0 Å². The standard InChI is InChI=1S/C26H27F5N2/c1-17(32-2)25(19-6-4-3-5-7-19)33-24(20-11-14-22(27)23(28)16-20)15-10-18-8-12-21(13-9-18)26(29,30)31/h3-6,8-9,11-14,16,19,24-25,32-33H,1,7,10,15H2,2H3/t19?,24-,25-/m0/s1. The number of hydrogen-bond acceptors (Lipinski definition) is 2. The molecule has 3 atom stereocenters. The lowest BCUT2D eigenvalue weighted by Gasteiger charge is -2.32. The number of allylic oxidation sites excluding steroid dienone is 3. The number of alkyl halides is 3. The molecule has 2 aromatic rings. The van der Waals surface area contributed by atoms with Crippen molar-refractivity contribution >= 4 is 0 Å². The van der Waals surface area contributed by atoms with Crippen molar-refractivity contribution < 1.29 is 22.0 Å². The first-order valence-corrected chi connectivity index (χ1v) is 10.8. The molecule has 0 bridgehead atoms. The highest BCUT2D eigenvalue weighted by Gasteiger charge is 2.30. The van der Waals surface area contributed by atoms with Gasteiger partial charge in [-0.1, -0.05) is 49.1 Å². The van der Waals surface area contributed by atoms with Gasteiger partial charge < -0.3 is 10.6 Å². The summed E-state index contributed by atoms with van der Waals surface area (Å²) in [6.45, 7) is 4.11. The van der Waals surface area contributed by atoms with Gasteiger partial charge in [0.05, 0.1) is 11.6 Å². The fourth-order valence-corrected chi connectivity index (χ4v) is 3.95. The zero-order chi connectivity index (χ0) is 24.0. The third-order valence-corrected chi connectivity index (χ3v) is 5.87. The summed E-state index contributed by atoms with van der Waals surface area (Å²) in [7, 11) is 1.77. The maximum atomic E-state index is 14.0. The number of rotatable bonds is 9. The molecule has 0 saturated carbocycles. The summed E-state index contributed by atoms with van der Waals surface area (Å²) in [4.78, 5) is 0. The van der Waals surface area contributed by atoms with E-state index in [0.29, 0.717) is 18.4 Å². The zero-order valence-electron chi connectivity index (χ0n) is 18.3. The van der Waals surface area contributed by atoms with Gasteiger partial charge in [0.25, 0.3) is 0 Å². The van der Waals surface area contributed by atoms with E-state index in [2.05, 4.69) is 29.4 Å². The highest BCUT2D eigenvalue weighted by molar-refractivity contribution is 5.27. The number of benzene rings is 2. The molecular formula is C26H27F5N2. The van der Waals surface area contributed by atoms with E-state index in [1.807, 2.05) is 12.2 Å². The molecule has 3 rings (SSSR count). The summed E-state index contributed by atoms with van der Waals surface area (Å²) in [5.41, 5.74) is 1.33. The second kappa shape index (κ2) is 10.8. The molecule has 1 aliphatic rings. The highest BCUT2D eigenvalue weighted by Crippen LogP contribution is 2.30. The topological polar surface area (TPSA) is 24.1 Å². The SMILES string of the molecule is C=C(NC)[C@H](N[C@@H](CCc1ccc(C(F)(F)F)cc1)c1ccc(F)c(F)c1)C1C=CC=CC1. The Morgan fingerprint density at radius 2 is 1.79 bits per heavy atom. The summed E-state index contributed by atoms with van der Waals surface area (Å²) < 4.78 is 66.1. The van der Waals surface area contributed by atoms with Crippen LogP contribution in [0.1, 0.15) is 35.6 Å². The maximum absolute atomic E-state index is 14.0. The molecule has 0 radical (unpaired) electrons. The van der Waals surface area contributed by atoms with E-state index in [4.69, 9.17) is 0 Å². The molecule has 176 valence electrons. The van der Waals surface area contributed by atoms with Gasteiger partial charge in [0.2, 0.25) is 0 Å². The van der Waals surface area contributed by atoms with Crippen molar-refractivity contribution in [3.8, 4) is 0 Å². The molecule has 33 heavy (non-hydrogen) atoms. The van der Waals surface area contributed by atoms with Crippen LogP contribution in [0.15, 0.2) is 79.0 Å². The minimum absolute atomic E-state index is 0.105. The van der Waals surface area contributed by atoms with Crippen LogP contribution in [0.3, 0.4) is 0 Å². The Kier molecular flexibility index (Phi) is 8.08. The number of nitrogens with one attached hydrogen (secondary N) is 2. The van der Waals surface area contributed by atoms with Crippen LogP contribution in [-0.2, 0) is 12.6 Å². The van der Waals surface area contributed by atoms with Crippen molar-refractivity contribution in [3.63, 3.8) is 0 Å². The zero-order valence-corrected chi connectivity index (χ0v) is 18.3. The Hall–Kier alpha value is -2.93. The van der Waals surface area contributed by atoms with E-state index >= 15 is 0 Å². The first-order valence-electron chi connectivity index (χ1n) is 10.8. The minimum Gasteiger partial charge on any atom is -0.391 e. The molecule has 7 heteroatoms. The Morgan fingerprint density at radius 1 is 1.06 bits per heavy atom. The smallest absolute Gasteiger partial charge is 0.391 e. The van der Waals surface area contributed by atoms with Gasteiger partial charge in [0.1, 0.15) is 0 Å². The summed E-state index contributed by atoms with van der Waals surface area (Å²) in [6, 6.07) is 8.21. The van der Waals surface area contributed by atoms with Crippen LogP contribution in [0.25, 0.3) is 0 Å². The summed E-state index contributed by atoms with van der Waals surface area (Å²) in [6.07, 6.45) is 5.36. The van der Waals surface area contributed by atoms with Crippen LogP contribution in [-0.4, -0.2) is 13.1 Å². The molecule has 0 aromatic heterocycles. The molecule has 0 aliphatic heterocycles. The fraction of sp³-hybridized carbons (Fsp3) is 0.308. The molecule has 2 aromatic carbocycles. The van der Waals surface area contributed by atoms with Gasteiger partial charge in [-0.15, -0.1) is 0 Å². The highest BCUT2D eigenvalue weighted by atomic mass is 19.4. The Bertz CT molecular complexity index is 1010. The first-order chi connectivity index (χ1) is 15.7. The van der Waals surface area contributed by atoms with Gasteiger partial charge in [-0.3, -0.25) is 0 Å². The van der Waals surface area contributed by atoms with Gasteiger partial charge in [-0.25, -0.2) is 8.78 Å². The molecule has 2 nitrogen and oxygen atoms in total. The Balaban J connectivity index is 1.84. The van der Waals surface area contributed by atoms with Crippen molar-refractivity contribution in [3.05, 3.63) is 107 Å². The van der Waals surface area contributed by atoms with E-state index in [9.17, 15) is 22.0 Å². The Labute approximate surface area is 190 Å². The van der Waals surface area contributed by atoms with E-state index in [1.165, 1.54) is 18.2 Å². The molecule has 0 fully saturated rings. The molecule has 2 N–H and O–H groups in total. The van der Waals surface area contributed by atoms with Crippen LogP contribution in [0, 0.1) is 17.6 Å². The number of aryl methyl sites for hydroxylation is 1. The van der Waals surface area contributed by atoms with Gasteiger partial charge >= 0.3 is 6.18 Å². The lowest BCUT2D eigenvalue weighted by atomic mass is 9.88. The summed E-state index contributed by atoms with van der Waals surface area (Å²) in [5.74, 6) is -1.77. The Morgan fingerprint density at radius 3 is 2.36 bits per heavy atom. The second-order valence-corrected chi connectivity index (χ2v) is 8.09. The predicted octanol–water partition coefficient (Wildman–Crippen LogP) is 6.48. The largest absolute Gasteiger partial charge is 0.416 e. The van der Waals surface area contributed by atoms with Crippen LogP contribution >= 0.6 is 0 Å². The summed E-state index contributed by atoms with van der Waals surface area (Å²) in [5, 5.41) is 6.61. The van der Waals surface area contributed by atoms with Crippen molar-refractivity contribution in [1.82, 2.24) is 10.6 Å². The van der Waals surface area contributed by atoms with Gasteiger partial charge in [0, 0.05) is 24.7 Å².